The molecule has 0 spiro atoms. The molecule has 0 radical (unpaired) electrons. The van der Waals surface area contributed by atoms with E-state index in [4.69, 9.17) is 9.84 Å². The first-order chi connectivity index (χ1) is 8.04. The number of carboxylic acid groups (broad SMARTS) is 1. The van der Waals surface area contributed by atoms with E-state index < -0.39 is 5.97 Å². The normalized spacial score (nSPS) is 12.2. The summed E-state index contributed by atoms with van der Waals surface area (Å²) in [7, 11) is 0. The number of aryl methyl sites for hydroxylation is 1. The Morgan fingerprint density at radius 2 is 2.24 bits per heavy atom. The van der Waals surface area contributed by atoms with Gasteiger partial charge in [-0.2, -0.15) is 0 Å². The van der Waals surface area contributed by atoms with Gasteiger partial charge >= 0.3 is 5.97 Å². The molecule has 0 aliphatic carbocycles. The fraction of sp³-hybridized carbons (Fsp3) is 0.462. The number of nitrogens with one attached hydrogen (secondary N) is 1. The minimum Gasteiger partial charge on any atom is -0.478 e. The highest BCUT2D eigenvalue weighted by Gasteiger charge is 2.12. The van der Waals surface area contributed by atoms with Crippen molar-refractivity contribution < 1.29 is 14.6 Å². The lowest BCUT2D eigenvalue weighted by Gasteiger charge is -2.17. The molecule has 1 atom stereocenters. The molecule has 0 saturated heterocycles. The number of hydrogen-bond donors (Lipinski definition) is 2. The lowest BCUT2D eigenvalue weighted by atomic mass is 10.1. The van der Waals surface area contributed by atoms with Crippen LogP contribution in [-0.4, -0.2) is 30.3 Å². The molecule has 0 fully saturated rings. The Hall–Kier alpha value is -1.55. The molecule has 0 heterocycles. The third-order valence-corrected chi connectivity index (χ3v) is 2.38. The van der Waals surface area contributed by atoms with Gasteiger partial charge in [-0.1, -0.05) is 11.6 Å². The van der Waals surface area contributed by atoms with Gasteiger partial charge in [0.2, 0.25) is 0 Å². The van der Waals surface area contributed by atoms with E-state index in [1.165, 1.54) is 0 Å². The van der Waals surface area contributed by atoms with Gasteiger partial charge in [0.15, 0.2) is 0 Å². The Balaban J connectivity index is 2.79. The number of carboxylic acids is 1. The molecule has 0 aliphatic rings. The van der Waals surface area contributed by atoms with Crippen molar-refractivity contribution in [1.29, 1.82) is 0 Å². The van der Waals surface area contributed by atoms with Crippen molar-refractivity contribution in [1.82, 2.24) is 0 Å². The van der Waals surface area contributed by atoms with Crippen molar-refractivity contribution in [2.24, 2.45) is 0 Å². The Morgan fingerprint density at radius 1 is 1.53 bits per heavy atom. The molecule has 17 heavy (non-hydrogen) atoms. The van der Waals surface area contributed by atoms with Crippen LogP contribution in [0.2, 0.25) is 0 Å². The summed E-state index contributed by atoms with van der Waals surface area (Å²) in [6.45, 7) is 6.98. The molecule has 94 valence electrons. The van der Waals surface area contributed by atoms with Crippen LogP contribution in [0.5, 0.6) is 0 Å². The van der Waals surface area contributed by atoms with Gasteiger partial charge in [-0.15, -0.1) is 0 Å². The number of benzene rings is 1. The third-order valence-electron chi connectivity index (χ3n) is 2.38. The Morgan fingerprint density at radius 3 is 2.82 bits per heavy atom. The predicted octanol–water partition coefficient (Wildman–Crippen LogP) is 2.53. The molecule has 2 N–H and O–H groups in total. The standard InChI is InChI=1S/C13H19NO3/c1-4-17-8-10(3)14-12-6-5-9(2)7-11(12)13(15)16/h5-7,10,14H,4,8H2,1-3H3,(H,15,16). The smallest absolute Gasteiger partial charge is 0.337 e. The topological polar surface area (TPSA) is 58.6 Å². The third kappa shape index (κ3) is 4.07. The molecule has 0 saturated carbocycles. The predicted molar refractivity (Wildman–Crippen MR) is 67.7 cm³/mol. The maximum absolute atomic E-state index is 11.1. The first-order valence-electron chi connectivity index (χ1n) is 5.72. The summed E-state index contributed by atoms with van der Waals surface area (Å²) < 4.78 is 5.28. The summed E-state index contributed by atoms with van der Waals surface area (Å²) in [5.74, 6) is -0.917. The summed E-state index contributed by atoms with van der Waals surface area (Å²) in [6, 6.07) is 5.43. The van der Waals surface area contributed by atoms with Gasteiger partial charge < -0.3 is 15.2 Å². The van der Waals surface area contributed by atoms with E-state index in [1.54, 1.807) is 12.1 Å². The summed E-state index contributed by atoms with van der Waals surface area (Å²) >= 11 is 0. The number of aromatic carboxylic acids is 1. The quantitative estimate of drug-likeness (QED) is 0.798. The summed E-state index contributed by atoms with van der Waals surface area (Å²) in [5, 5.41) is 12.3. The Bertz CT molecular complexity index is 390. The van der Waals surface area contributed by atoms with Crippen LogP contribution in [0.1, 0.15) is 29.8 Å². The molecule has 1 rings (SSSR count). The zero-order valence-corrected chi connectivity index (χ0v) is 10.5. The molecule has 0 aliphatic heterocycles. The number of anilines is 1. The monoisotopic (exact) mass is 237 g/mol. The van der Waals surface area contributed by atoms with E-state index in [0.717, 1.165) is 5.56 Å². The van der Waals surface area contributed by atoms with Crippen LogP contribution in [0.4, 0.5) is 5.69 Å². The lowest BCUT2D eigenvalue weighted by Crippen LogP contribution is -2.23. The maximum Gasteiger partial charge on any atom is 0.337 e. The largest absolute Gasteiger partial charge is 0.478 e. The minimum absolute atomic E-state index is 0.0794. The molecular weight excluding hydrogens is 218 g/mol. The highest BCUT2D eigenvalue weighted by Crippen LogP contribution is 2.18. The number of rotatable bonds is 6. The van der Waals surface area contributed by atoms with Crippen LogP contribution in [0, 0.1) is 6.92 Å². The summed E-state index contributed by atoms with van der Waals surface area (Å²) in [6.07, 6.45) is 0. The van der Waals surface area contributed by atoms with Crippen molar-refractivity contribution in [3.8, 4) is 0 Å². The molecular formula is C13H19NO3. The van der Waals surface area contributed by atoms with E-state index in [1.807, 2.05) is 26.8 Å². The van der Waals surface area contributed by atoms with Crippen LogP contribution < -0.4 is 5.32 Å². The second kappa shape index (κ2) is 6.25. The molecule has 0 aromatic heterocycles. The molecule has 1 unspecified atom stereocenters. The van der Waals surface area contributed by atoms with Crippen LogP contribution >= 0.6 is 0 Å². The average molecular weight is 237 g/mol. The van der Waals surface area contributed by atoms with Gasteiger partial charge in [0.1, 0.15) is 0 Å². The fourth-order valence-electron chi connectivity index (χ4n) is 1.56. The summed E-state index contributed by atoms with van der Waals surface area (Å²) in [4.78, 5) is 11.1. The van der Waals surface area contributed by atoms with Crippen molar-refractivity contribution >= 4 is 11.7 Å². The van der Waals surface area contributed by atoms with Gasteiger partial charge in [-0.25, -0.2) is 4.79 Å². The van der Waals surface area contributed by atoms with Crippen LogP contribution in [-0.2, 0) is 4.74 Å². The zero-order chi connectivity index (χ0) is 12.8. The number of ether oxygens (including phenoxy) is 1. The molecule has 1 aromatic carbocycles. The van der Waals surface area contributed by atoms with Crippen LogP contribution in [0.25, 0.3) is 0 Å². The van der Waals surface area contributed by atoms with Gasteiger partial charge in [0.05, 0.1) is 12.2 Å². The van der Waals surface area contributed by atoms with Gasteiger partial charge in [-0.3, -0.25) is 0 Å². The second-order valence-electron chi connectivity index (χ2n) is 4.06. The van der Waals surface area contributed by atoms with Crippen LogP contribution in [0.15, 0.2) is 18.2 Å². The number of carbonyl (C=O) groups is 1. The SMILES string of the molecule is CCOCC(C)Nc1ccc(C)cc1C(=O)O. The maximum atomic E-state index is 11.1. The van der Waals surface area contributed by atoms with E-state index in [9.17, 15) is 4.79 Å². The fourth-order valence-corrected chi connectivity index (χ4v) is 1.56. The lowest BCUT2D eigenvalue weighted by molar-refractivity contribution is 0.0697. The second-order valence-corrected chi connectivity index (χ2v) is 4.06. The zero-order valence-electron chi connectivity index (χ0n) is 10.5. The summed E-state index contributed by atoms with van der Waals surface area (Å²) in [5.41, 5.74) is 1.87. The van der Waals surface area contributed by atoms with E-state index in [-0.39, 0.29) is 6.04 Å². The van der Waals surface area contributed by atoms with E-state index >= 15 is 0 Å². The molecule has 0 amide bonds. The van der Waals surface area contributed by atoms with Crippen molar-refractivity contribution in [3.05, 3.63) is 29.3 Å². The van der Waals surface area contributed by atoms with Crippen molar-refractivity contribution in [2.45, 2.75) is 26.8 Å². The van der Waals surface area contributed by atoms with Crippen molar-refractivity contribution in [2.75, 3.05) is 18.5 Å². The first-order valence-corrected chi connectivity index (χ1v) is 5.72. The highest BCUT2D eigenvalue weighted by molar-refractivity contribution is 5.94. The van der Waals surface area contributed by atoms with Gasteiger partial charge in [0.25, 0.3) is 0 Å². The van der Waals surface area contributed by atoms with Crippen LogP contribution in [0.3, 0.4) is 0 Å². The van der Waals surface area contributed by atoms with Gasteiger partial charge in [-0.05, 0) is 32.9 Å². The van der Waals surface area contributed by atoms with E-state index in [2.05, 4.69) is 5.32 Å². The molecule has 0 bridgehead atoms. The average Bonchev–Trinajstić information content (AvgIpc) is 2.28. The Labute approximate surface area is 102 Å². The molecule has 4 nitrogen and oxygen atoms in total. The van der Waals surface area contributed by atoms with Crippen molar-refractivity contribution in [3.63, 3.8) is 0 Å². The minimum atomic E-state index is -0.917. The Kier molecular flexibility index (Phi) is 4.97. The highest BCUT2D eigenvalue weighted by atomic mass is 16.5. The molecule has 1 aromatic rings. The van der Waals surface area contributed by atoms with Gasteiger partial charge in [0, 0.05) is 18.3 Å². The first kappa shape index (κ1) is 13.5. The number of hydrogen-bond acceptors (Lipinski definition) is 3. The van der Waals surface area contributed by atoms with E-state index in [0.29, 0.717) is 24.5 Å². The molecule has 4 heteroatoms.